The molecule has 1 aliphatic heterocycles. The molecule has 2 aliphatic rings. The first-order chi connectivity index (χ1) is 13.1. The van der Waals surface area contributed by atoms with Gasteiger partial charge in [0.1, 0.15) is 5.41 Å². The van der Waals surface area contributed by atoms with Gasteiger partial charge in [0.25, 0.3) is 0 Å². The van der Waals surface area contributed by atoms with Gasteiger partial charge in [-0.1, -0.05) is 23.7 Å². The number of hydrogen-bond donors (Lipinski definition) is 1. The molecule has 2 amide bonds. The Morgan fingerprint density at radius 3 is 2.30 bits per heavy atom. The second kappa shape index (κ2) is 7.15. The molecule has 0 spiro atoms. The Kier molecular flexibility index (Phi) is 4.70. The van der Waals surface area contributed by atoms with Crippen molar-refractivity contribution in [3.63, 3.8) is 0 Å². The summed E-state index contributed by atoms with van der Waals surface area (Å²) in [6.07, 6.45) is 4.56. The number of anilines is 2. The highest BCUT2D eigenvalue weighted by molar-refractivity contribution is 6.34. The maximum Gasteiger partial charge on any atom is 0.240 e. The lowest BCUT2D eigenvalue weighted by Gasteiger charge is -2.36. The van der Waals surface area contributed by atoms with E-state index in [-0.39, 0.29) is 11.8 Å². The number of para-hydroxylation sites is 1. The van der Waals surface area contributed by atoms with Crippen molar-refractivity contribution in [3.05, 3.63) is 47.7 Å². The number of piperazine rings is 1. The number of amides is 2. The monoisotopic (exact) mass is 385 g/mol. The van der Waals surface area contributed by atoms with Crippen molar-refractivity contribution < 1.29 is 9.59 Å². The predicted molar refractivity (Wildman–Crippen MR) is 103 cm³/mol. The number of nitrogens with zero attached hydrogens (tertiary/aromatic N) is 4. The maximum atomic E-state index is 13.0. The molecule has 0 bridgehead atoms. The zero-order chi connectivity index (χ0) is 18.9. The van der Waals surface area contributed by atoms with Gasteiger partial charge in [0.05, 0.1) is 10.7 Å². The van der Waals surface area contributed by atoms with E-state index in [0.717, 1.165) is 0 Å². The van der Waals surface area contributed by atoms with Crippen LogP contribution in [0.5, 0.6) is 0 Å². The molecule has 1 aromatic carbocycles. The number of aromatic nitrogens is 2. The van der Waals surface area contributed by atoms with Crippen LogP contribution < -0.4 is 10.2 Å². The highest BCUT2D eigenvalue weighted by Gasteiger charge is 2.58. The SMILES string of the molecule is O=C(Nc1ccccc1Cl)C1(C(=O)N2CCN(c3ncccn3)CC2)CC1. The maximum absolute atomic E-state index is 13.0. The molecule has 2 heterocycles. The lowest BCUT2D eigenvalue weighted by atomic mass is 10.0. The van der Waals surface area contributed by atoms with E-state index in [1.165, 1.54) is 0 Å². The lowest BCUT2D eigenvalue weighted by molar-refractivity contribution is -0.142. The molecule has 1 N–H and O–H groups in total. The van der Waals surface area contributed by atoms with Crippen molar-refractivity contribution in [3.8, 4) is 0 Å². The summed E-state index contributed by atoms with van der Waals surface area (Å²) >= 11 is 6.11. The molecule has 1 aliphatic carbocycles. The molecule has 0 radical (unpaired) electrons. The molecule has 2 fully saturated rings. The first-order valence-corrected chi connectivity index (χ1v) is 9.35. The average Bonchev–Trinajstić information content (AvgIpc) is 3.52. The van der Waals surface area contributed by atoms with Crippen LogP contribution >= 0.6 is 11.6 Å². The zero-order valence-corrected chi connectivity index (χ0v) is 15.5. The third kappa shape index (κ3) is 3.47. The fourth-order valence-electron chi connectivity index (χ4n) is 3.33. The fraction of sp³-hybridized carbons (Fsp3) is 0.368. The van der Waals surface area contributed by atoms with E-state index in [9.17, 15) is 9.59 Å². The van der Waals surface area contributed by atoms with Crippen molar-refractivity contribution in [1.82, 2.24) is 14.9 Å². The van der Waals surface area contributed by atoms with Crippen LogP contribution in [0.2, 0.25) is 5.02 Å². The topological polar surface area (TPSA) is 78.4 Å². The smallest absolute Gasteiger partial charge is 0.240 e. The Balaban J connectivity index is 1.39. The summed E-state index contributed by atoms with van der Waals surface area (Å²) in [6, 6.07) is 8.82. The number of nitrogens with one attached hydrogen (secondary N) is 1. The quantitative estimate of drug-likeness (QED) is 0.816. The van der Waals surface area contributed by atoms with Gasteiger partial charge in [-0.05, 0) is 31.0 Å². The Morgan fingerprint density at radius 2 is 1.67 bits per heavy atom. The Hall–Kier alpha value is -2.67. The molecule has 2 aromatic rings. The summed E-state index contributed by atoms with van der Waals surface area (Å²) in [6.45, 7) is 2.41. The number of hydrogen-bond acceptors (Lipinski definition) is 5. The van der Waals surface area contributed by atoms with Crippen LogP contribution in [0.3, 0.4) is 0 Å². The normalized spacial score (nSPS) is 18.1. The van der Waals surface area contributed by atoms with Crippen LogP contribution in [0.15, 0.2) is 42.7 Å². The van der Waals surface area contributed by atoms with E-state index in [1.807, 2.05) is 4.90 Å². The largest absolute Gasteiger partial charge is 0.338 e. The van der Waals surface area contributed by atoms with Gasteiger partial charge in [-0.3, -0.25) is 9.59 Å². The Morgan fingerprint density at radius 1 is 1.00 bits per heavy atom. The second-order valence-electron chi connectivity index (χ2n) is 6.84. The van der Waals surface area contributed by atoms with Gasteiger partial charge in [-0.25, -0.2) is 9.97 Å². The van der Waals surface area contributed by atoms with Gasteiger partial charge in [0.2, 0.25) is 17.8 Å². The van der Waals surface area contributed by atoms with Crippen LogP contribution in [0, 0.1) is 5.41 Å². The number of benzene rings is 1. The first kappa shape index (κ1) is 17.7. The van der Waals surface area contributed by atoms with Gasteiger partial charge >= 0.3 is 0 Å². The van der Waals surface area contributed by atoms with Crippen LogP contribution in [0.4, 0.5) is 11.6 Å². The summed E-state index contributed by atoms with van der Waals surface area (Å²) in [5, 5.41) is 3.28. The third-order valence-electron chi connectivity index (χ3n) is 5.12. The first-order valence-electron chi connectivity index (χ1n) is 8.97. The molecule has 1 saturated carbocycles. The van der Waals surface area contributed by atoms with Crippen LogP contribution in [0.1, 0.15) is 12.8 Å². The van der Waals surface area contributed by atoms with Crippen LogP contribution in [-0.2, 0) is 9.59 Å². The zero-order valence-electron chi connectivity index (χ0n) is 14.8. The summed E-state index contributed by atoms with van der Waals surface area (Å²) in [5.74, 6) is 0.303. The van der Waals surface area contributed by atoms with Crippen molar-refractivity contribution in [2.75, 3.05) is 36.4 Å². The van der Waals surface area contributed by atoms with Gasteiger partial charge in [-0.15, -0.1) is 0 Å². The molecular weight excluding hydrogens is 366 g/mol. The van der Waals surface area contributed by atoms with E-state index >= 15 is 0 Å². The molecule has 4 rings (SSSR count). The number of carbonyl (C=O) groups excluding carboxylic acids is 2. The van der Waals surface area contributed by atoms with E-state index in [1.54, 1.807) is 47.6 Å². The highest BCUT2D eigenvalue weighted by Crippen LogP contribution is 2.48. The van der Waals surface area contributed by atoms with Gasteiger partial charge in [0, 0.05) is 38.6 Å². The average molecular weight is 386 g/mol. The van der Waals surface area contributed by atoms with Crippen molar-refractivity contribution in [1.29, 1.82) is 0 Å². The summed E-state index contributed by atoms with van der Waals surface area (Å²) in [7, 11) is 0. The molecule has 1 saturated heterocycles. The minimum atomic E-state index is -0.954. The molecule has 1 aromatic heterocycles. The third-order valence-corrected chi connectivity index (χ3v) is 5.45. The fourth-order valence-corrected chi connectivity index (χ4v) is 3.52. The summed E-state index contributed by atoms with van der Waals surface area (Å²) in [4.78, 5) is 38.1. The standard InChI is InChI=1S/C19H20ClN5O2/c20-14-4-1-2-5-15(14)23-16(26)19(6-7-19)17(27)24-10-12-25(13-11-24)18-21-8-3-9-22-18/h1-5,8-9H,6-7,10-13H2,(H,23,26). The number of carbonyl (C=O) groups is 2. The van der Waals surface area contributed by atoms with E-state index in [0.29, 0.717) is 55.7 Å². The van der Waals surface area contributed by atoms with Gasteiger partial charge in [-0.2, -0.15) is 0 Å². The number of rotatable bonds is 4. The summed E-state index contributed by atoms with van der Waals surface area (Å²) in [5.41, 5.74) is -0.417. The molecule has 0 unspecified atom stereocenters. The molecule has 140 valence electrons. The number of halogens is 1. The molecule has 27 heavy (non-hydrogen) atoms. The molecule has 0 atom stereocenters. The second-order valence-corrected chi connectivity index (χ2v) is 7.25. The van der Waals surface area contributed by atoms with Crippen LogP contribution in [-0.4, -0.2) is 52.9 Å². The van der Waals surface area contributed by atoms with E-state index < -0.39 is 5.41 Å². The van der Waals surface area contributed by atoms with Crippen molar-refractivity contribution in [2.45, 2.75) is 12.8 Å². The van der Waals surface area contributed by atoms with Gasteiger partial charge in [0.15, 0.2) is 0 Å². The minimum absolute atomic E-state index is 0.0966. The van der Waals surface area contributed by atoms with Crippen LogP contribution in [0.25, 0.3) is 0 Å². The van der Waals surface area contributed by atoms with Crippen molar-refractivity contribution in [2.24, 2.45) is 5.41 Å². The summed E-state index contributed by atoms with van der Waals surface area (Å²) < 4.78 is 0. The predicted octanol–water partition coefficient (Wildman–Crippen LogP) is 2.20. The minimum Gasteiger partial charge on any atom is -0.338 e. The molecular formula is C19H20ClN5O2. The lowest BCUT2D eigenvalue weighted by Crippen LogP contribution is -2.53. The molecule has 8 heteroatoms. The molecule has 7 nitrogen and oxygen atoms in total. The Labute approximate surface area is 162 Å². The van der Waals surface area contributed by atoms with E-state index in [4.69, 9.17) is 11.6 Å². The van der Waals surface area contributed by atoms with Crippen molar-refractivity contribution >= 4 is 35.1 Å². The van der Waals surface area contributed by atoms with Gasteiger partial charge < -0.3 is 15.1 Å². The highest BCUT2D eigenvalue weighted by atomic mass is 35.5. The Bertz CT molecular complexity index is 848. The van der Waals surface area contributed by atoms with E-state index in [2.05, 4.69) is 15.3 Å².